The minimum Gasteiger partial charge on any atom is -0.406 e. The second kappa shape index (κ2) is 7.89. The number of rotatable bonds is 5. The Morgan fingerprint density at radius 2 is 1.81 bits per heavy atom. The molecule has 3 rings (SSSR count). The summed E-state index contributed by atoms with van der Waals surface area (Å²) in [6.07, 6.45) is -8.11. The van der Waals surface area contributed by atoms with E-state index in [1.54, 1.807) is 0 Å². The lowest BCUT2D eigenvalue weighted by molar-refractivity contribution is -0.274. The van der Waals surface area contributed by atoms with Crippen LogP contribution in [0.15, 0.2) is 45.8 Å². The molecule has 0 radical (unpaired) electrons. The summed E-state index contributed by atoms with van der Waals surface area (Å²) in [6.45, 7) is 1.38. The molecule has 0 saturated heterocycles. The molecule has 1 aromatic heterocycles. The third kappa shape index (κ3) is 4.82. The first-order chi connectivity index (χ1) is 14.3. The number of nitrogens with zero attached hydrogens (tertiary/aromatic N) is 1. The lowest BCUT2D eigenvalue weighted by Crippen LogP contribution is -2.17. The molecule has 0 saturated carbocycles. The fourth-order valence-corrected chi connectivity index (χ4v) is 3.49. The van der Waals surface area contributed by atoms with Gasteiger partial charge in [-0.25, -0.2) is 26.7 Å². The fraction of sp³-hybridized carbons (Fsp3) is 0.167. The van der Waals surface area contributed by atoms with Crippen molar-refractivity contribution in [2.24, 2.45) is 5.14 Å². The zero-order valence-corrected chi connectivity index (χ0v) is 16.2. The molecule has 0 bridgehead atoms. The van der Waals surface area contributed by atoms with Crippen LogP contribution in [0.1, 0.15) is 17.7 Å². The van der Waals surface area contributed by atoms with E-state index in [9.17, 15) is 34.8 Å². The third-order valence-electron chi connectivity index (χ3n) is 4.13. The maximum Gasteiger partial charge on any atom is 0.573 e. The van der Waals surface area contributed by atoms with Crippen molar-refractivity contribution in [2.75, 3.05) is 0 Å². The lowest BCUT2D eigenvalue weighted by atomic mass is 9.96. The molecule has 0 aliphatic carbocycles. The van der Waals surface area contributed by atoms with Gasteiger partial charge in [-0.05, 0) is 48.4 Å². The SMILES string of the molecule is Cc1cc(OC(F)(F)F)ccc1-c1noc(C(F)F)c1-c1ccc(S(N)(=O)=O)c(F)c1. The predicted molar refractivity (Wildman–Crippen MR) is 95.1 cm³/mol. The number of alkyl halides is 5. The normalized spacial score (nSPS) is 12.4. The van der Waals surface area contributed by atoms with Crippen molar-refractivity contribution in [3.63, 3.8) is 0 Å². The van der Waals surface area contributed by atoms with Gasteiger partial charge >= 0.3 is 6.36 Å². The second-order valence-electron chi connectivity index (χ2n) is 6.29. The van der Waals surface area contributed by atoms with Crippen LogP contribution in [-0.4, -0.2) is 19.9 Å². The Morgan fingerprint density at radius 1 is 1.13 bits per heavy atom. The summed E-state index contributed by atoms with van der Waals surface area (Å²) < 4.78 is 110. The summed E-state index contributed by atoms with van der Waals surface area (Å²) in [7, 11) is -4.40. The van der Waals surface area contributed by atoms with E-state index in [0.717, 1.165) is 30.3 Å². The Hall–Kier alpha value is -3.06. The summed E-state index contributed by atoms with van der Waals surface area (Å²) in [5, 5.41) is 8.46. The summed E-state index contributed by atoms with van der Waals surface area (Å²) in [5.74, 6) is -2.78. The zero-order chi connectivity index (χ0) is 23.1. The van der Waals surface area contributed by atoms with Gasteiger partial charge < -0.3 is 9.26 Å². The van der Waals surface area contributed by atoms with Gasteiger partial charge in [0.2, 0.25) is 15.8 Å². The third-order valence-corrected chi connectivity index (χ3v) is 5.07. The first kappa shape index (κ1) is 22.6. The van der Waals surface area contributed by atoms with E-state index in [1.165, 1.54) is 6.92 Å². The molecule has 13 heteroatoms. The van der Waals surface area contributed by atoms with E-state index >= 15 is 0 Å². The summed E-state index contributed by atoms with van der Waals surface area (Å²) in [5.41, 5.74) is -0.502. The molecule has 3 aromatic rings. The van der Waals surface area contributed by atoms with Crippen LogP contribution in [-0.2, 0) is 10.0 Å². The molecule has 1 heterocycles. The number of aromatic nitrogens is 1. The van der Waals surface area contributed by atoms with Gasteiger partial charge in [-0.15, -0.1) is 13.2 Å². The van der Waals surface area contributed by atoms with Gasteiger partial charge in [-0.1, -0.05) is 11.2 Å². The van der Waals surface area contributed by atoms with Crippen molar-refractivity contribution < 1.29 is 44.0 Å². The highest BCUT2D eigenvalue weighted by Gasteiger charge is 2.32. The van der Waals surface area contributed by atoms with Gasteiger partial charge in [0.1, 0.15) is 22.2 Å². The average molecular weight is 466 g/mol. The molecule has 0 unspecified atom stereocenters. The second-order valence-corrected chi connectivity index (χ2v) is 7.82. The molecule has 0 spiro atoms. The van der Waals surface area contributed by atoms with Crippen molar-refractivity contribution in [3.8, 4) is 28.1 Å². The van der Waals surface area contributed by atoms with Crippen molar-refractivity contribution in [1.29, 1.82) is 0 Å². The first-order valence-electron chi connectivity index (χ1n) is 8.25. The van der Waals surface area contributed by atoms with Crippen LogP contribution >= 0.6 is 0 Å². The molecule has 2 N–H and O–H groups in total. The van der Waals surface area contributed by atoms with Gasteiger partial charge in [0.15, 0.2) is 0 Å². The van der Waals surface area contributed by atoms with Crippen molar-refractivity contribution in [3.05, 3.63) is 53.5 Å². The Balaban J connectivity index is 2.16. The van der Waals surface area contributed by atoms with Gasteiger partial charge in [-0.3, -0.25) is 0 Å². The zero-order valence-electron chi connectivity index (χ0n) is 15.4. The van der Waals surface area contributed by atoms with Crippen LogP contribution in [0.5, 0.6) is 5.75 Å². The number of hydrogen-bond acceptors (Lipinski definition) is 5. The van der Waals surface area contributed by atoms with Crippen LogP contribution in [0.4, 0.5) is 26.3 Å². The summed E-state index contributed by atoms with van der Waals surface area (Å²) in [4.78, 5) is -0.849. The molecule has 166 valence electrons. The topological polar surface area (TPSA) is 95.4 Å². The van der Waals surface area contributed by atoms with Crippen LogP contribution < -0.4 is 9.88 Å². The highest BCUT2D eigenvalue weighted by molar-refractivity contribution is 7.89. The molecule has 0 amide bonds. The largest absolute Gasteiger partial charge is 0.573 e. The number of benzene rings is 2. The number of hydrogen-bond donors (Lipinski definition) is 1. The van der Waals surface area contributed by atoms with E-state index in [1.807, 2.05) is 0 Å². The summed E-state index contributed by atoms with van der Waals surface area (Å²) >= 11 is 0. The number of nitrogens with two attached hydrogens (primary N) is 1. The van der Waals surface area contributed by atoms with Gasteiger partial charge in [0.25, 0.3) is 6.43 Å². The maximum atomic E-state index is 14.3. The molecule has 2 aromatic carbocycles. The van der Waals surface area contributed by atoms with E-state index < -0.39 is 45.0 Å². The van der Waals surface area contributed by atoms with E-state index in [-0.39, 0.29) is 27.9 Å². The Bertz CT molecular complexity index is 1240. The molecule has 0 aliphatic rings. The van der Waals surface area contributed by atoms with Gasteiger partial charge in [0, 0.05) is 5.56 Å². The van der Waals surface area contributed by atoms with Crippen LogP contribution in [0.25, 0.3) is 22.4 Å². The Kier molecular flexibility index (Phi) is 5.76. The van der Waals surface area contributed by atoms with Gasteiger partial charge in [0.05, 0.1) is 5.56 Å². The Morgan fingerprint density at radius 3 is 2.32 bits per heavy atom. The number of sulfonamides is 1. The van der Waals surface area contributed by atoms with Crippen molar-refractivity contribution in [2.45, 2.75) is 24.6 Å². The highest BCUT2D eigenvalue weighted by atomic mass is 32.2. The molecule has 0 fully saturated rings. The summed E-state index contributed by atoms with van der Waals surface area (Å²) in [6, 6.07) is 5.58. The Labute approximate surface area is 171 Å². The predicted octanol–water partition coefficient (Wildman–Crippen LogP) is 4.94. The molecule has 0 atom stereocenters. The minimum atomic E-state index is -4.93. The number of aryl methyl sites for hydroxylation is 1. The molecule has 31 heavy (non-hydrogen) atoms. The van der Waals surface area contributed by atoms with E-state index in [0.29, 0.717) is 6.07 Å². The van der Waals surface area contributed by atoms with Crippen LogP contribution in [0.3, 0.4) is 0 Å². The minimum absolute atomic E-state index is 0.108. The van der Waals surface area contributed by atoms with E-state index in [2.05, 4.69) is 9.89 Å². The monoisotopic (exact) mass is 466 g/mol. The molecule has 0 aliphatic heterocycles. The van der Waals surface area contributed by atoms with E-state index in [4.69, 9.17) is 9.66 Å². The van der Waals surface area contributed by atoms with Crippen molar-refractivity contribution in [1.82, 2.24) is 5.16 Å². The standard InChI is InChI=1S/C18H12F6N2O4S/c1-8-6-10(29-18(22,23)24)3-4-11(8)15-14(16(17(20)21)30-26-15)9-2-5-13(12(19)7-9)31(25,27)28/h2-7,17H,1H3,(H2,25,27,28). The first-order valence-corrected chi connectivity index (χ1v) is 9.80. The van der Waals surface area contributed by atoms with Crippen LogP contribution in [0.2, 0.25) is 0 Å². The molecule has 6 nitrogen and oxygen atoms in total. The molecular weight excluding hydrogens is 454 g/mol. The van der Waals surface area contributed by atoms with Crippen molar-refractivity contribution >= 4 is 10.0 Å². The smallest absolute Gasteiger partial charge is 0.406 e. The quantitative estimate of drug-likeness (QED) is 0.538. The molecular formula is C18H12F6N2O4S. The lowest BCUT2D eigenvalue weighted by Gasteiger charge is -2.12. The number of ether oxygens (including phenoxy) is 1. The number of primary sulfonamides is 1. The van der Waals surface area contributed by atoms with Gasteiger partial charge in [-0.2, -0.15) is 0 Å². The highest BCUT2D eigenvalue weighted by Crippen LogP contribution is 2.41. The van der Waals surface area contributed by atoms with Crippen LogP contribution in [0, 0.1) is 12.7 Å². The average Bonchev–Trinajstić information content (AvgIpc) is 3.04. The number of halogens is 6. The maximum absolute atomic E-state index is 14.3. The fourth-order valence-electron chi connectivity index (χ4n) is 2.90.